The van der Waals surface area contributed by atoms with Crippen LogP contribution in [0.15, 0.2) is 0 Å². The molecular formula is C17H32N2O2. The molecule has 1 aliphatic carbocycles. The molecule has 122 valence electrons. The zero-order valence-electron chi connectivity index (χ0n) is 13.9. The Morgan fingerprint density at radius 1 is 1.24 bits per heavy atom. The predicted molar refractivity (Wildman–Crippen MR) is 85.2 cm³/mol. The average Bonchev–Trinajstić information content (AvgIpc) is 3.12. The molecule has 2 aliphatic rings. The van der Waals surface area contributed by atoms with Crippen molar-refractivity contribution in [1.29, 1.82) is 0 Å². The third-order valence-corrected chi connectivity index (χ3v) is 5.08. The van der Waals surface area contributed by atoms with Crippen LogP contribution in [-0.4, -0.2) is 49.2 Å². The first-order chi connectivity index (χ1) is 10.1. The summed E-state index contributed by atoms with van der Waals surface area (Å²) in [5, 5.41) is 3.34. The molecule has 0 bridgehead atoms. The highest BCUT2D eigenvalue weighted by atomic mass is 16.5. The molecule has 0 spiro atoms. The number of carbonyl (C=O) groups is 1. The SMILES string of the molecule is COC(=O)C(CCN1CCCC1C1CCCC1)NC(C)C. The molecule has 2 atom stereocenters. The average molecular weight is 296 g/mol. The molecule has 21 heavy (non-hydrogen) atoms. The van der Waals surface area contributed by atoms with Crippen LogP contribution < -0.4 is 5.32 Å². The van der Waals surface area contributed by atoms with E-state index in [4.69, 9.17) is 4.74 Å². The molecule has 2 unspecified atom stereocenters. The summed E-state index contributed by atoms with van der Waals surface area (Å²) in [6, 6.07) is 0.906. The van der Waals surface area contributed by atoms with Gasteiger partial charge in [-0.1, -0.05) is 26.7 Å². The minimum absolute atomic E-state index is 0.125. The van der Waals surface area contributed by atoms with Crippen LogP contribution in [0.5, 0.6) is 0 Å². The van der Waals surface area contributed by atoms with Gasteiger partial charge in [0.2, 0.25) is 0 Å². The number of carbonyl (C=O) groups excluding carboxylic acids is 1. The molecule has 1 saturated heterocycles. The highest BCUT2D eigenvalue weighted by Gasteiger charge is 2.33. The van der Waals surface area contributed by atoms with Crippen molar-refractivity contribution < 1.29 is 9.53 Å². The molecule has 2 rings (SSSR count). The molecule has 0 amide bonds. The molecule has 0 aromatic rings. The molecule has 0 aromatic carbocycles. The summed E-state index contributed by atoms with van der Waals surface area (Å²) in [4.78, 5) is 14.5. The monoisotopic (exact) mass is 296 g/mol. The van der Waals surface area contributed by atoms with Crippen LogP contribution in [-0.2, 0) is 9.53 Å². The van der Waals surface area contributed by atoms with Gasteiger partial charge in [0.15, 0.2) is 0 Å². The van der Waals surface area contributed by atoms with Gasteiger partial charge < -0.3 is 15.0 Å². The van der Waals surface area contributed by atoms with Crippen LogP contribution in [0.1, 0.15) is 58.8 Å². The lowest BCUT2D eigenvalue weighted by atomic mass is 9.96. The second-order valence-electron chi connectivity index (χ2n) is 6.98. The highest BCUT2D eigenvalue weighted by molar-refractivity contribution is 5.75. The van der Waals surface area contributed by atoms with E-state index in [1.165, 1.54) is 52.2 Å². The predicted octanol–water partition coefficient (Wildman–Crippen LogP) is 2.57. The Bertz CT molecular complexity index is 327. The number of hydrogen-bond donors (Lipinski definition) is 1. The summed E-state index contributed by atoms with van der Waals surface area (Å²) in [6.07, 6.45) is 9.17. The molecule has 0 radical (unpaired) electrons. The molecule has 0 aromatic heterocycles. The highest BCUT2D eigenvalue weighted by Crippen LogP contribution is 2.35. The van der Waals surface area contributed by atoms with Crippen molar-refractivity contribution in [1.82, 2.24) is 10.2 Å². The first kappa shape index (κ1) is 16.8. The van der Waals surface area contributed by atoms with Gasteiger partial charge >= 0.3 is 5.97 Å². The molecule has 1 aliphatic heterocycles. The van der Waals surface area contributed by atoms with Gasteiger partial charge in [0, 0.05) is 18.6 Å². The van der Waals surface area contributed by atoms with E-state index in [0.29, 0.717) is 6.04 Å². The van der Waals surface area contributed by atoms with Crippen LogP contribution in [0, 0.1) is 5.92 Å². The van der Waals surface area contributed by atoms with E-state index in [1.54, 1.807) is 0 Å². The molecule has 1 saturated carbocycles. The Hall–Kier alpha value is -0.610. The summed E-state index contributed by atoms with van der Waals surface area (Å²) in [7, 11) is 1.48. The quantitative estimate of drug-likeness (QED) is 0.733. The normalized spacial score (nSPS) is 25.6. The van der Waals surface area contributed by atoms with Crippen molar-refractivity contribution in [3.8, 4) is 0 Å². The maximum atomic E-state index is 11.9. The minimum atomic E-state index is -0.167. The maximum Gasteiger partial charge on any atom is 0.322 e. The second kappa shape index (κ2) is 8.14. The molecule has 4 heteroatoms. The van der Waals surface area contributed by atoms with Gasteiger partial charge in [-0.05, 0) is 44.6 Å². The van der Waals surface area contributed by atoms with Gasteiger partial charge in [-0.2, -0.15) is 0 Å². The maximum absolute atomic E-state index is 11.9. The third kappa shape index (κ3) is 4.68. The Balaban J connectivity index is 1.85. The fraction of sp³-hybridized carbons (Fsp3) is 0.941. The lowest BCUT2D eigenvalue weighted by Gasteiger charge is -2.30. The van der Waals surface area contributed by atoms with Gasteiger partial charge in [0.1, 0.15) is 6.04 Å². The van der Waals surface area contributed by atoms with Crippen LogP contribution in [0.2, 0.25) is 0 Å². The van der Waals surface area contributed by atoms with Crippen molar-refractivity contribution in [3.05, 3.63) is 0 Å². The van der Waals surface area contributed by atoms with Gasteiger partial charge in [-0.15, -0.1) is 0 Å². The summed E-state index contributed by atoms with van der Waals surface area (Å²) >= 11 is 0. The smallest absolute Gasteiger partial charge is 0.322 e. The standard InChI is InChI=1S/C17H32N2O2/c1-13(2)18-15(17(20)21-3)10-12-19-11-6-9-16(19)14-7-4-5-8-14/h13-16,18H,4-12H2,1-3H3. The van der Waals surface area contributed by atoms with Crippen molar-refractivity contribution in [3.63, 3.8) is 0 Å². The number of nitrogens with zero attached hydrogens (tertiary/aromatic N) is 1. The Morgan fingerprint density at radius 2 is 1.95 bits per heavy atom. The number of hydrogen-bond acceptors (Lipinski definition) is 4. The lowest BCUT2D eigenvalue weighted by molar-refractivity contribution is -0.143. The molecule has 1 heterocycles. The summed E-state index contributed by atoms with van der Waals surface area (Å²) in [6.45, 7) is 6.37. The fourth-order valence-corrected chi connectivity index (χ4v) is 4.11. The van der Waals surface area contributed by atoms with Crippen molar-refractivity contribution >= 4 is 5.97 Å². The summed E-state index contributed by atoms with van der Waals surface area (Å²) in [5.41, 5.74) is 0. The lowest BCUT2D eigenvalue weighted by Crippen LogP contribution is -2.45. The number of likely N-dealkylation sites (tertiary alicyclic amines) is 1. The van der Waals surface area contributed by atoms with Crippen molar-refractivity contribution in [2.75, 3.05) is 20.2 Å². The second-order valence-corrected chi connectivity index (χ2v) is 6.98. The van der Waals surface area contributed by atoms with Gasteiger partial charge in [-0.3, -0.25) is 4.79 Å². The summed E-state index contributed by atoms with van der Waals surface area (Å²) in [5.74, 6) is 0.780. The van der Waals surface area contributed by atoms with E-state index >= 15 is 0 Å². The first-order valence-corrected chi connectivity index (χ1v) is 8.69. The zero-order valence-corrected chi connectivity index (χ0v) is 13.9. The van der Waals surface area contributed by atoms with E-state index in [1.807, 2.05) is 0 Å². The Morgan fingerprint density at radius 3 is 2.57 bits per heavy atom. The largest absolute Gasteiger partial charge is 0.468 e. The first-order valence-electron chi connectivity index (χ1n) is 8.69. The zero-order chi connectivity index (χ0) is 15.2. The molecular weight excluding hydrogens is 264 g/mol. The van der Waals surface area contributed by atoms with Gasteiger partial charge in [-0.25, -0.2) is 0 Å². The number of methoxy groups -OCH3 is 1. The van der Waals surface area contributed by atoms with E-state index < -0.39 is 0 Å². The molecule has 4 nitrogen and oxygen atoms in total. The van der Waals surface area contributed by atoms with Crippen molar-refractivity contribution in [2.24, 2.45) is 5.92 Å². The minimum Gasteiger partial charge on any atom is -0.468 e. The van der Waals surface area contributed by atoms with Gasteiger partial charge in [0.05, 0.1) is 7.11 Å². The molecule has 1 N–H and O–H groups in total. The van der Waals surface area contributed by atoms with Crippen LogP contribution in [0.3, 0.4) is 0 Å². The van der Waals surface area contributed by atoms with Crippen LogP contribution in [0.4, 0.5) is 0 Å². The Kier molecular flexibility index (Phi) is 6.49. The van der Waals surface area contributed by atoms with E-state index in [9.17, 15) is 4.79 Å². The van der Waals surface area contributed by atoms with Crippen LogP contribution in [0.25, 0.3) is 0 Å². The molecule has 2 fully saturated rings. The number of rotatable bonds is 7. The van der Waals surface area contributed by atoms with Crippen LogP contribution >= 0.6 is 0 Å². The fourth-order valence-electron chi connectivity index (χ4n) is 4.11. The third-order valence-electron chi connectivity index (χ3n) is 5.08. The van der Waals surface area contributed by atoms with E-state index in [-0.39, 0.29) is 12.0 Å². The van der Waals surface area contributed by atoms with E-state index in [2.05, 4.69) is 24.1 Å². The van der Waals surface area contributed by atoms with E-state index in [0.717, 1.165) is 24.9 Å². The number of nitrogens with one attached hydrogen (secondary N) is 1. The summed E-state index contributed by atoms with van der Waals surface area (Å²) < 4.78 is 4.94. The topological polar surface area (TPSA) is 41.6 Å². The van der Waals surface area contributed by atoms with Crippen molar-refractivity contribution in [2.45, 2.75) is 76.9 Å². The number of esters is 1. The number of ether oxygens (including phenoxy) is 1. The van der Waals surface area contributed by atoms with Gasteiger partial charge in [0.25, 0.3) is 0 Å². The Labute approximate surface area is 129 Å².